The highest BCUT2D eigenvalue weighted by molar-refractivity contribution is 5.96. The summed E-state index contributed by atoms with van der Waals surface area (Å²) in [6.07, 6.45) is 2.70. The quantitative estimate of drug-likeness (QED) is 0.638. The van der Waals surface area contributed by atoms with Crippen molar-refractivity contribution >= 4 is 12.2 Å². The highest BCUT2D eigenvalue weighted by atomic mass is 16.7. The number of benzene rings is 2. The Morgan fingerprint density at radius 1 is 1.21 bits per heavy atom. The van der Waals surface area contributed by atoms with Gasteiger partial charge in [0.25, 0.3) is 5.91 Å². The van der Waals surface area contributed by atoms with Crippen LogP contribution in [0.3, 0.4) is 0 Å². The number of amides is 1. The van der Waals surface area contributed by atoms with Gasteiger partial charge in [0.1, 0.15) is 30.0 Å². The van der Waals surface area contributed by atoms with Gasteiger partial charge in [0.05, 0.1) is 18.2 Å². The third kappa shape index (κ3) is 4.96. The molecule has 8 nitrogen and oxygen atoms in total. The maximum Gasteiger partial charge on any atom is 0.254 e. The Bertz CT molecular complexity index is 1010. The van der Waals surface area contributed by atoms with E-state index in [1.165, 1.54) is 12.1 Å². The summed E-state index contributed by atoms with van der Waals surface area (Å²) in [6, 6.07) is 9.84. The molecule has 2 aromatic rings. The summed E-state index contributed by atoms with van der Waals surface area (Å²) in [5.74, 6) is -1.26. The van der Waals surface area contributed by atoms with Crippen molar-refractivity contribution in [1.82, 2.24) is 4.90 Å². The molecule has 8 heteroatoms. The highest BCUT2D eigenvalue weighted by Crippen LogP contribution is 2.35. The predicted molar refractivity (Wildman–Crippen MR) is 120 cm³/mol. The molecule has 0 aromatic heterocycles. The number of hydrogen-bond donors (Lipinski definition) is 2. The van der Waals surface area contributed by atoms with Crippen LogP contribution in [0.15, 0.2) is 36.4 Å². The van der Waals surface area contributed by atoms with E-state index < -0.39 is 5.79 Å². The third-order valence-electron chi connectivity index (χ3n) is 6.10. The summed E-state index contributed by atoms with van der Waals surface area (Å²) in [5.41, 5.74) is 1.20. The maximum atomic E-state index is 13.6. The van der Waals surface area contributed by atoms with Crippen molar-refractivity contribution in [1.29, 1.82) is 0 Å². The third-order valence-corrected chi connectivity index (χ3v) is 6.10. The number of rotatable bonds is 6. The summed E-state index contributed by atoms with van der Waals surface area (Å²) in [5, 5.41) is 19.8. The Balaban J connectivity index is 1.51. The maximum absolute atomic E-state index is 13.6. The molecule has 2 aromatic carbocycles. The molecular formula is C25H29NO7. The van der Waals surface area contributed by atoms with Crippen LogP contribution in [0.25, 0.3) is 0 Å². The molecule has 0 aliphatic carbocycles. The number of hydrogen-bond acceptors (Lipinski definition) is 7. The number of carbonyl (C=O) groups excluding carboxylic acids is 2. The number of ether oxygens (including phenoxy) is 3. The standard InChI is InChI=1S/C25H29NO7/c1-25(2)32-15-23(33-25)18-8-3-4-9-19(18)24(30)26-10-6-5-7-16(26)14-31-17-11-21(28)20(13-27)22(29)12-17/h3-4,8-9,11-13,16,23,28-29H,5-7,10,14-15H2,1-2H3/t16-,23?/m0/s1. The van der Waals surface area contributed by atoms with Gasteiger partial charge >= 0.3 is 0 Å². The fraction of sp³-hybridized carbons (Fsp3) is 0.440. The molecule has 176 valence electrons. The SMILES string of the molecule is CC1(C)OCC(c2ccccc2C(=O)N2CCCC[C@H]2COc2cc(O)c(C=O)c(O)c2)O1. The Labute approximate surface area is 192 Å². The first-order valence-corrected chi connectivity index (χ1v) is 11.1. The van der Waals surface area contributed by atoms with E-state index in [4.69, 9.17) is 14.2 Å². The molecule has 2 aliphatic heterocycles. The van der Waals surface area contributed by atoms with Crippen LogP contribution in [0, 0.1) is 0 Å². The zero-order chi connectivity index (χ0) is 23.6. The first-order valence-electron chi connectivity index (χ1n) is 11.1. The van der Waals surface area contributed by atoms with Crippen LogP contribution in [0.2, 0.25) is 0 Å². The van der Waals surface area contributed by atoms with Crippen molar-refractivity contribution in [3.63, 3.8) is 0 Å². The predicted octanol–water partition coefficient (Wildman–Crippen LogP) is 3.81. The van der Waals surface area contributed by atoms with Crippen LogP contribution in [0.5, 0.6) is 17.2 Å². The van der Waals surface area contributed by atoms with Crippen molar-refractivity contribution < 1.29 is 34.0 Å². The van der Waals surface area contributed by atoms with Gasteiger partial charge in [-0.2, -0.15) is 0 Å². The molecule has 2 saturated heterocycles. The van der Waals surface area contributed by atoms with Gasteiger partial charge in [-0.05, 0) is 44.7 Å². The minimum absolute atomic E-state index is 0.0887. The highest BCUT2D eigenvalue weighted by Gasteiger charge is 2.37. The van der Waals surface area contributed by atoms with Crippen molar-refractivity contribution in [2.45, 2.75) is 51.0 Å². The van der Waals surface area contributed by atoms with Gasteiger partial charge in [0, 0.05) is 24.2 Å². The number of aromatic hydroxyl groups is 2. The lowest BCUT2D eigenvalue weighted by atomic mass is 9.97. The summed E-state index contributed by atoms with van der Waals surface area (Å²) < 4.78 is 17.5. The normalized spacial score (nSPS) is 22.2. The van der Waals surface area contributed by atoms with E-state index in [0.717, 1.165) is 24.8 Å². The Hall–Kier alpha value is -3.10. The second-order valence-electron chi connectivity index (χ2n) is 8.86. The van der Waals surface area contributed by atoms with E-state index in [1.54, 1.807) is 0 Å². The summed E-state index contributed by atoms with van der Waals surface area (Å²) in [7, 11) is 0. The molecular weight excluding hydrogens is 426 g/mol. The zero-order valence-electron chi connectivity index (χ0n) is 18.8. The van der Waals surface area contributed by atoms with Crippen LogP contribution in [0.4, 0.5) is 0 Å². The van der Waals surface area contributed by atoms with Crippen LogP contribution < -0.4 is 4.74 Å². The van der Waals surface area contributed by atoms with Crippen molar-refractivity contribution in [3.8, 4) is 17.2 Å². The summed E-state index contributed by atoms with van der Waals surface area (Å²) >= 11 is 0. The van der Waals surface area contributed by atoms with Crippen LogP contribution >= 0.6 is 0 Å². The second-order valence-corrected chi connectivity index (χ2v) is 8.86. The number of phenolic OH excluding ortho intramolecular Hbond substituents is 2. The first-order chi connectivity index (χ1) is 15.8. The lowest BCUT2D eigenvalue weighted by Crippen LogP contribution is -2.47. The number of nitrogens with zero attached hydrogens (tertiary/aromatic N) is 1. The van der Waals surface area contributed by atoms with Gasteiger partial charge in [-0.3, -0.25) is 9.59 Å². The lowest BCUT2D eigenvalue weighted by Gasteiger charge is -2.36. The molecule has 4 rings (SSSR count). The number of piperidine rings is 1. The average Bonchev–Trinajstić information content (AvgIpc) is 3.17. The molecule has 2 fully saturated rings. The molecule has 2 atom stereocenters. The van der Waals surface area contributed by atoms with Gasteiger partial charge in [0.2, 0.25) is 0 Å². The first kappa shape index (κ1) is 23.1. The largest absolute Gasteiger partial charge is 0.507 e. The van der Waals surface area contributed by atoms with Gasteiger partial charge in [0.15, 0.2) is 12.1 Å². The van der Waals surface area contributed by atoms with Crippen molar-refractivity contribution in [2.24, 2.45) is 0 Å². The van der Waals surface area contributed by atoms with E-state index in [-0.39, 0.29) is 47.5 Å². The molecule has 1 amide bonds. The molecule has 2 N–H and O–H groups in total. The van der Waals surface area contributed by atoms with E-state index in [0.29, 0.717) is 25.0 Å². The average molecular weight is 456 g/mol. The minimum atomic E-state index is -0.696. The number of carbonyl (C=O) groups is 2. The molecule has 2 heterocycles. The van der Waals surface area contributed by atoms with Crippen LogP contribution in [-0.2, 0) is 9.47 Å². The zero-order valence-corrected chi connectivity index (χ0v) is 18.8. The molecule has 2 aliphatic rings. The van der Waals surface area contributed by atoms with E-state index in [9.17, 15) is 19.8 Å². The second kappa shape index (κ2) is 9.41. The fourth-order valence-corrected chi connectivity index (χ4v) is 4.40. The Kier molecular flexibility index (Phi) is 6.58. The molecule has 0 bridgehead atoms. The number of aldehydes is 1. The Morgan fingerprint density at radius 3 is 2.61 bits per heavy atom. The monoisotopic (exact) mass is 455 g/mol. The fourth-order valence-electron chi connectivity index (χ4n) is 4.40. The van der Waals surface area contributed by atoms with E-state index in [2.05, 4.69) is 0 Å². The van der Waals surface area contributed by atoms with E-state index >= 15 is 0 Å². The molecule has 0 radical (unpaired) electrons. The van der Waals surface area contributed by atoms with Gasteiger partial charge in [-0.1, -0.05) is 18.2 Å². The lowest BCUT2D eigenvalue weighted by molar-refractivity contribution is -0.139. The molecule has 1 unspecified atom stereocenters. The topological polar surface area (TPSA) is 106 Å². The minimum Gasteiger partial charge on any atom is -0.507 e. The van der Waals surface area contributed by atoms with Gasteiger partial charge in [-0.15, -0.1) is 0 Å². The summed E-state index contributed by atoms with van der Waals surface area (Å²) in [6.45, 7) is 4.89. The van der Waals surface area contributed by atoms with E-state index in [1.807, 2.05) is 43.0 Å². The number of phenols is 2. The van der Waals surface area contributed by atoms with Gasteiger partial charge in [-0.25, -0.2) is 0 Å². The molecule has 0 saturated carbocycles. The van der Waals surface area contributed by atoms with Crippen molar-refractivity contribution in [3.05, 3.63) is 53.1 Å². The Morgan fingerprint density at radius 2 is 1.94 bits per heavy atom. The van der Waals surface area contributed by atoms with Crippen LogP contribution in [0.1, 0.15) is 65.5 Å². The van der Waals surface area contributed by atoms with Gasteiger partial charge < -0.3 is 29.3 Å². The van der Waals surface area contributed by atoms with Crippen LogP contribution in [-0.4, -0.2) is 58.9 Å². The summed E-state index contributed by atoms with van der Waals surface area (Å²) in [4.78, 5) is 26.4. The molecule has 0 spiro atoms. The molecule has 33 heavy (non-hydrogen) atoms. The number of likely N-dealkylation sites (tertiary alicyclic amines) is 1. The van der Waals surface area contributed by atoms with Crippen molar-refractivity contribution in [2.75, 3.05) is 19.8 Å². The smallest absolute Gasteiger partial charge is 0.254 e.